The number of rotatable bonds is 4. The minimum absolute atomic E-state index is 0.0152. The van der Waals surface area contributed by atoms with Gasteiger partial charge in [0.2, 0.25) is 0 Å². The fourth-order valence-electron chi connectivity index (χ4n) is 5.21. The van der Waals surface area contributed by atoms with Crippen molar-refractivity contribution in [2.45, 2.75) is 54.3 Å². The van der Waals surface area contributed by atoms with Gasteiger partial charge in [-0.3, -0.25) is 9.00 Å². The summed E-state index contributed by atoms with van der Waals surface area (Å²) in [5, 5.41) is 3.47. The second-order valence-electron chi connectivity index (χ2n) is 8.86. The number of Topliss-reactive ketones (excluding diaryl/α,β-unsaturated/α-hetero) is 1. The standard InChI is InChI=1S/C27H27NO2S/c1-17-8-12-20(13-9-17)25-24(19-6-4-3-5-7-19)26-23(16-22(28-26)27(25)29)31(30)21-14-10-18(2)11-15-21/h3-15,22-26,28H,16H2,1-2H3/t22-,23?,24?,25?,26-,31?/m0/s1. The molecular weight excluding hydrogens is 402 g/mol. The van der Waals surface area contributed by atoms with Crippen LogP contribution in [0.1, 0.15) is 40.5 Å². The lowest BCUT2D eigenvalue weighted by atomic mass is 9.72. The van der Waals surface area contributed by atoms with E-state index in [1.54, 1.807) is 0 Å². The van der Waals surface area contributed by atoms with Crippen LogP contribution in [0.5, 0.6) is 0 Å². The van der Waals surface area contributed by atoms with Gasteiger partial charge in [0.1, 0.15) is 0 Å². The molecule has 2 aliphatic rings. The van der Waals surface area contributed by atoms with E-state index in [0.29, 0.717) is 6.42 Å². The van der Waals surface area contributed by atoms with E-state index in [0.717, 1.165) is 21.6 Å². The molecule has 2 aliphatic heterocycles. The predicted octanol–water partition coefficient (Wildman–Crippen LogP) is 4.66. The van der Waals surface area contributed by atoms with Crippen LogP contribution in [0.2, 0.25) is 0 Å². The highest BCUT2D eigenvalue weighted by molar-refractivity contribution is 7.85. The smallest absolute Gasteiger partial charge is 0.157 e. The molecule has 4 heteroatoms. The Balaban J connectivity index is 1.58. The molecular formula is C27H27NO2S. The van der Waals surface area contributed by atoms with Gasteiger partial charge in [0.15, 0.2) is 5.78 Å². The largest absolute Gasteiger partial charge is 0.303 e. The van der Waals surface area contributed by atoms with E-state index in [-0.39, 0.29) is 35.0 Å². The van der Waals surface area contributed by atoms with E-state index in [2.05, 4.69) is 48.6 Å². The Labute approximate surface area is 186 Å². The van der Waals surface area contributed by atoms with Gasteiger partial charge in [-0.2, -0.15) is 0 Å². The van der Waals surface area contributed by atoms with Crippen LogP contribution in [0, 0.1) is 13.8 Å². The van der Waals surface area contributed by atoms with Crippen LogP contribution in [-0.2, 0) is 15.6 Å². The van der Waals surface area contributed by atoms with E-state index in [1.165, 1.54) is 5.56 Å². The topological polar surface area (TPSA) is 46.2 Å². The summed E-state index contributed by atoms with van der Waals surface area (Å²) >= 11 is 0. The summed E-state index contributed by atoms with van der Waals surface area (Å²) in [6.07, 6.45) is 0.621. The molecule has 5 rings (SSSR count). The van der Waals surface area contributed by atoms with Gasteiger partial charge in [-0.25, -0.2) is 0 Å². The maximum Gasteiger partial charge on any atom is 0.157 e. The summed E-state index contributed by atoms with van der Waals surface area (Å²) in [6, 6.07) is 26.3. The number of carbonyl (C=O) groups is 1. The molecule has 2 fully saturated rings. The van der Waals surface area contributed by atoms with Crippen molar-refractivity contribution in [3.63, 3.8) is 0 Å². The predicted molar refractivity (Wildman–Crippen MR) is 125 cm³/mol. The van der Waals surface area contributed by atoms with Gasteiger partial charge in [0.05, 0.1) is 28.0 Å². The minimum Gasteiger partial charge on any atom is -0.303 e. The molecule has 2 heterocycles. The van der Waals surface area contributed by atoms with E-state index >= 15 is 0 Å². The third-order valence-electron chi connectivity index (χ3n) is 6.81. The molecule has 0 radical (unpaired) electrons. The molecule has 3 nitrogen and oxygen atoms in total. The first-order chi connectivity index (χ1) is 15.0. The summed E-state index contributed by atoms with van der Waals surface area (Å²) in [5.41, 5.74) is 4.52. The molecule has 0 aliphatic carbocycles. The highest BCUT2D eigenvalue weighted by Crippen LogP contribution is 2.47. The van der Waals surface area contributed by atoms with Crippen LogP contribution in [-0.4, -0.2) is 27.3 Å². The Morgan fingerprint density at radius 1 is 0.806 bits per heavy atom. The number of nitrogens with one attached hydrogen (secondary N) is 1. The zero-order valence-electron chi connectivity index (χ0n) is 17.8. The lowest BCUT2D eigenvalue weighted by Gasteiger charge is -2.38. The average molecular weight is 430 g/mol. The van der Waals surface area contributed by atoms with Crippen molar-refractivity contribution in [1.82, 2.24) is 5.32 Å². The van der Waals surface area contributed by atoms with Crippen molar-refractivity contribution < 1.29 is 9.00 Å². The number of ketones is 1. The van der Waals surface area contributed by atoms with Crippen molar-refractivity contribution >= 4 is 16.6 Å². The maximum atomic E-state index is 13.6. The number of aryl methyl sites for hydroxylation is 2. The van der Waals surface area contributed by atoms with Crippen molar-refractivity contribution in [3.05, 3.63) is 101 Å². The van der Waals surface area contributed by atoms with Crippen molar-refractivity contribution in [2.24, 2.45) is 0 Å². The molecule has 31 heavy (non-hydrogen) atoms. The number of hydrogen-bond donors (Lipinski definition) is 1. The van der Waals surface area contributed by atoms with Gasteiger partial charge in [-0.05, 0) is 43.5 Å². The Morgan fingerprint density at radius 2 is 1.42 bits per heavy atom. The molecule has 1 N–H and O–H groups in total. The Morgan fingerprint density at radius 3 is 2.06 bits per heavy atom. The quantitative estimate of drug-likeness (QED) is 0.656. The molecule has 158 valence electrons. The molecule has 0 aromatic heterocycles. The number of carbonyl (C=O) groups excluding carboxylic acids is 1. The Bertz CT molecular complexity index is 1110. The summed E-state index contributed by atoms with van der Waals surface area (Å²) < 4.78 is 13.6. The molecule has 2 saturated heterocycles. The molecule has 0 spiro atoms. The number of piperidine rings is 1. The second kappa shape index (κ2) is 8.18. The van der Waals surface area contributed by atoms with Gasteiger partial charge in [-0.1, -0.05) is 77.9 Å². The first kappa shape index (κ1) is 20.3. The van der Waals surface area contributed by atoms with Gasteiger partial charge in [0, 0.05) is 16.9 Å². The number of fused-ring (bicyclic) bond motifs is 2. The first-order valence-corrected chi connectivity index (χ1v) is 12.1. The number of hydrogen-bond acceptors (Lipinski definition) is 3. The summed E-state index contributed by atoms with van der Waals surface area (Å²) in [7, 11) is -1.18. The highest BCUT2D eigenvalue weighted by Gasteiger charge is 2.54. The van der Waals surface area contributed by atoms with Gasteiger partial charge >= 0.3 is 0 Å². The van der Waals surface area contributed by atoms with Crippen LogP contribution in [0.3, 0.4) is 0 Å². The lowest BCUT2D eigenvalue weighted by Crippen LogP contribution is -2.51. The van der Waals surface area contributed by atoms with Gasteiger partial charge < -0.3 is 5.32 Å². The van der Waals surface area contributed by atoms with Crippen molar-refractivity contribution in [2.75, 3.05) is 0 Å². The van der Waals surface area contributed by atoms with E-state index in [9.17, 15) is 9.00 Å². The SMILES string of the molecule is Cc1ccc(C2C(=O)[C@@H]3CC(S(=O)c4ccc(C)cc4)[C@H](N3)C2c2ccccc2)cc1. The van der Waals surface area contributed by atoms with Crippen molar-refractivity contribution in [3.8, 4) is 0 Å². The normalized spacial score (nSPS) is 28.5. The van der Waals surface area contributed by atoms with E-state index in [1.807, 2.05) is 49.4 Å². The van der Waals surface area contributed by atoms with Gasteiger partial charge in [0.25, 0.3) is 0 Å². The molecule has 0 saturated carbocycles. The van der Waals surface area contributed by atoms with E-state index < -0.39 is 10.8 Å². The Hall–Kier alpha value is -2.56. The first-order valence-electron chi connectivity index (χ1n) is 10.9. The summed E-state index contributed by atoms with van der Waals surface area (Å²) in [4.78, 5) is 14.5. The Kier molecular flexibility index (Phi) is 5.37. The van der Waals surface area contributed by atoms with Crippen LogP contribution in [0.4, 0.5) is 0 Å². The van der Waals surface area contributed by atoms with Crippen LogP contribution in [0.25, 0.3) is 0 Å². The van der Waals surface area contributed by atoms with Gasteiger partial charge in [-0.15, -0.1) is 0 Å². The third-order valence-corrected chi connectivity index (χ3v) is 8.58. The zero-order chi connectivity index (χ0) is 21.5. The second-order valence-corrected chi connectivity index (χ2v) is 10.5. The molecule has 3 aromatic rings. The summed E-state index contributed by atoms with van der Waals surface area (Å²) in [5.74, 6) is -0.0498. The zero-order valence-corrected chi connectivity index (χ0v) is 18.6. The average Bonchev–Trinajstić information content (AvgIpc) is 3.18. The molecule has 0 amide bonds. The third kappa shape index (κ3) is 3.68. The summed E-state index contributed by atoms with van der Waals surface area (Å²) in [6.45, 7) is 4.10. The minimum atomic E-state index is -1.18. The van der Waals surface area contributed by atoms with Crippen LogP contribution < -0.4 is 5.32 Å². The fourth-order valence-corrected chi connectivity index (χ4v) is 6.84. The van der Waals surface area contributed by atoms with Crippen molar-refractivity contribution in [1.29, 1.82) is 0 Å². The van der Waals surface area contributed by atoms with Crippen LogP contribution >= 0.6 is 0 Å². The molecule has 4 unspecified atom stereocenters. The highest BCUT2D eigenvalue weighted by atomic mass is 32.2. The molecule has 6 atom stereocenters. The molecule has 2 bridgehead atoms. The molecule has 3 aromatic carbocycles. The van der Waals surface area contributed by atoms with E-state index in [4.69, 9.17) is 0 Å². The number of benzene rings is 3. The maximum absolute atomic E-state index is 13.6. The van der Waals surface area contributed by atoms with Crippen LogP contribution in [0.15, 0.2) is 83.8 Å². The lowest BCUT2D eigenvalue weighted by molar-refractivity contribution is -0.124. The monoisotopic (exact) mass is 429 g/mol. The fraction of sp³-hybridized carbons (Fsp3) is 0.296.